The Morgan fingerprint density at radius 3 is 2.47 bits per heavy atom. The number of esters is 1. The second kappa shape index (κ2) is 6.45. The zero-order valence-corrected chi connectivity index (χ0v) is 12.3. The molecule has 1 rings (SSSR count). The predicted octanol–water partition coefficient (Wildman–Crippen LogP) is 3.08. The van der Waals surface area contributed by atoms with Gasteiger partial charge in [-0.25, -0.2) is 4.79 Å². The number of para-hydroxylation sites is 2. The van der Waals surface area contributed by atoms with E-state index in [9.17, 15) is 4.79 Å². The third kappa shape index (κ3) is 4.16. The third-order valence-corrected chi connectivity index (χ3v) is 2.80. The van der Waals surface area contributed by atoms with Crippen molar-refractivity contribution < 1.29 is 14.3 Å². The molecule has 0 spiro atoms. The highest BCUT2D eigenvalue weighted by Crippen LogP contribution is 2.29. The Morgan fingerprint density at radius 2 is 1.95 bits per heavy atom. The van der Waals surface area contributed by atoms with Gasteiger partial charge in [-0.2, -0.15) is 0 Å². The van der Waals surface area contributed by atoms with Crippen molar-refractivity contribution in [1.29, 1.82) is 0 Å². The van der Waals surface area contributed by atoms with Crippen LogP contribution in [0.15, 0.2) is 24.3 Å². The van der Waals surface area contributed by atoms with Gasteiger partial charge in [0, 0.05) is 0 Å². The summed E-state index contributed by atoms with van der Waals surface area (Å²) in [5.74, 6) is 0.460. The average Bonchev–Trinajstić information content (AvgIpc) is 2.35. The van der Waals surface area contributed by atoms with Gasteiger partial charge in [0.05, 0.1) is 19.4 Å². The minimum atomic E-state index is -0.427. The summed E-state index contributed by atoms with van der Waals surface area (Å²) in [5.41, 5.74) is 0.533. The summed E-state index contributed by atoms with van der Waals surface area (Å²) >= 11 is 0. The first-order chi connectivity index (χ1) is 8.90. The van der Waals surface area contributed by atoms with Gasteiger partial charge in [0.25, 0.3) is 0 Å². The fourth-order valence-corrected chi connectivity index (χ4v) is 1.77. The summed E-state index contributed by atoms with van der Waals surface area (Å²) in [6, 6.07) is 7.10. The van der Waals surface area contributed by atoms with Gasteiger partial charge in [-0.3, -0.25) is 0 Å². The molecule has 1 aromatic rings. The Kier molecular flexibility index (Phi) is 5.21. The van der Waals surface area contributed by atoms with Crippen molar-refractivity contribution in [2.75, 3.05) is 19.0 Å². The number of ether oxygens (including phenoxy) is 2. The van der Waals surface area contributed by atoms with Gasteiger partial charge in [-0.15, -0.1) is 0 Å². The molecule has 106 valence electrons. The molecule has 1 aromatic carbocycles. The molecule has 0 aromatic heterocycles. The SMILES string of the molecule is CCOC(=O)C(Nc1ccccc1OC)C(C)(C)C. The highest BCUT2D eigenvalue weighted by molar-refractivity contribution is 5.81. The maximum Gasteiger partial charge on any atom is 0.329 e. The second-order valence-electron chi connectivity index (χ2n) is 5.40. The van der Waals surface area contributed by atoms with Crippen LogP contribution in [0.25, 0.3) is 0 Å². The molecule has 19 heavy (non-hydrogen) atoms. The fourth-order valence-electron chi connectivity index (χ4n) is 1.77. The lowest BCUT2D eigenvalue weighted by atomic mass is 9.86. The summed E-state index contributed by atoms with van der Waals surface area (Å²) < 4.78 is 10.4. The van der Waals surface area contributed by atoms with Gasteiger partial charge in [0.1, 0.15) is 11.8 Å². The summed E-state index contributed by atoms with van der Waals surface area (Å²) in [6.45, 7) is 8.17. The van der Waals surface area contributed by atoms with Gasteiger partial charge in [-0.05, 0) is 24.5 Å². The van der Waals surface area contributed by atoms with E-state index in [0.717, 1.165) is 5.69 Å². The molecule has 0 saturated heterocycles. The van der Waals surface area contributed by atoms with Crippen LogP contribution in [0.2, 0.25) is 0 Å². The summed E-state index contributed by atoms with van der Waals surface area (Å²) in [7, 11) is 1.61. The van der Waals surface area contributed by atoms with E-state index in [2.05, 4.69) is 5.32 Å². The van der Waals surface area contributed by atoms with E-state index >= 15 is 0 Å². The molecule has 0 fully saturated rings. The molecule has 0 aliphatic rings. The second-order valence-corrected chi connectivity index (χ2v) is 5.40. The van der Waals surface area contributed by atoms with Crippen molar-refractivity contribution in [3.8, 4) is 5.75 Å². The van der Waals surface area contributed by atoms with Crippen LogP contribution < -0.4 is 10.1 Å². The molecule has 0 saturated carbocycles. The normalized spacial score (nSPS) is 12.7. The number of benzene rings is 1. The van der Waals surface area contributed by atoms with Crippen LogP contribution in [0.4, 0.5) is 5.69 Å². The van der Waals surface area contributed by atoms with Crippen molar-refractivity contribution in [3.05, 3.63) is 24.3 Å². The molecular formula is C15H23NO3. The molecule has 0 aliphatic carbocycles. The number of rotatable bonds is 5. The molecule has 0 radical (unpaired) electrons. The van der Waals surface area contributed by atoms with Crippen LogP contribution in [-0.4, -0.2) is 25.7 Å². The molecule has 0 heterocycles. The standard InChI is InChI=1S/C15H23NO3/c1-6-19-14(17)13(15(2,3)4)16-11-9-7-8-10-12(11)18-5/h7-10,13,16H,6H2,1-5H3. The minimum Gasteiger partial charge on any atom is -0.495 e. The Morgan fingerprint density at radius 1 is 1.32 bits per heavy atom. The van der Waals surface area contributed by atoms with E-state index in [0.29, 0.717) is 12.4 Å². The smallest absolute Gasteiger partial charge is 0.329 e. The van der Waals surface area contributed by atoms with Crippen molar-refractivity contribution in [2.24, 2.45) is 5.41 Å². The molecule has 0 amide bonds. The largest absolute Gasteiger partial charge is 0.495 e. The summed E-state index contributed by atoms with van der Waals surface area (Å²) in [4.78, 5) is 12.1. The number of hydrogen-bond donors (Lipinski definition) is 1. The Bertz CT molecular complexity index is 424. The number of methoxy groups -OCH3 is 1. The zero-order chi connectivity index (χ0) is 14.5. The quantitative estimate of drug-likeness (QED) is 0.831. The molecule has 1 unspecified atom stereocenters. The molecular weight excluding hydrogens is 242 g/mol. The predicted molar refractivity (Wildman–Crippen MR) is 76.5 cm³/mol. The molecule has 0 bridgehead atoms. The average molecular weight is 265 g/mol. The van der Waals surface area contributed by atoms with E-state index in [4.69, 9.17) is 9.47 Å². The zero-order valence-electron chi connectivity index (χ0n) is 12.3. The lowest BCUT2D eigenvalue weighted by Gasteiger charge is -2.30. The van der Waals surface area contributed by atoms with Gasteiger partial charge in [-0.1, -0.05) is 32.9 Å². The van der Waals surface area contributed by atoms with E-state index in [-0.39, 0.29) is 11.4 Å². The van der Waals surface area contributed by atoms with Gasteiger partial charge in [0.2, 0.25) is 0 Å². The first-order valence-electron chi connectivity index (χ1n) is 6.46. The number of carbonyl (C=O) groups is 1. The number of anilines is 1. The van der Waals surface area contributed by atoms with Crippen LogP contribution >= 0.6 is 0 Å². The number of hydrogen-bond acceptors (Lipinski definition) is 4. The molecule has 4 nitrogen and oxygen atoms in total. The van der Waals surface area contributed by atoms with Gasteiger partial charge in [0.15, 0.2) is 0 Å². The van der Waals surface area contributed by atoms with E-state index in [1.165, 1.54) is 0 Å². The van der Waals surface area contributed by atoms with Crippen molar-refractivity contribution >= 4 is 11.7 Å². The molecule has 1 atom stereocenters. The maximum atomic E-state index is 12.1. The van der Waals surface area contributed by atoms with Crippen LogP contribution in [0.1, 0.15) is 27.7 Å². The molecule has 4 heteroatoms. The lowest BCUT2D eigenvalue weighted by molar-refractivity contribution is -0.146. The molecule has 0 aliphatic heterocycles. The highest BCUT2D eigenvalue weighted by Gasteiger charge is 2.33. The lowest BCUT2D eigenvalue weighted by Crippen LogP contribution is -2.42. The van der Waals surface area contributed by atoms with Crippen LogP contribution in [0.3, 0.4) is 0 Å². The van der Waals surface area contributed by atoms with E-state index in [1.807, 2.05) is 45.0 Å². The van der Waals surface area contributed by atoms with Crippen LogP contribution in [0, 0.1) is 5.41 Å². The Balaban J connectivity index is 2.98. The summed E-state index contributed by atoms with van der Waals surface area (Å²) in [6.07, 6.45) is 0. The fraction of sp³-hybridized carbons (Fsp3) is 0.533. The van der Waals surface area contributed by atoms with Crippen molar-refractivity contribution in [3.63, 3.8) is 0 Å². The van der Waals surface area contributed by atoms with Crippen molar-refractivity contribution in [2.45, 2.75) is 33.7 Å². The Hall–Kier alpha value is -1.71. The van der Waals surface area contributed by atoms with Gasteiger partial charge < -0.3 is 14.8 Å². The minimum absolute atomic E-state index is 0.249. The Labute approximate surface area is 115 Å². The summed E-state index contributed by atoms with van der Waals surface area (Å²) in [5, 5.41) is 3.22. The number of nitrogens with one attached hydrogen (secondary N) is 1. The van der Waals surface area contributed by atoms with Crippen LogP contribution in [0.5, 0.6) is 5.75 Å². The number of carbonyl (C=O) groups excluding carboxylic acids is 1. The van der Waals surface area contributed by atoms with E-state index < -0.39 is 6.04 Å². The third-order valence-electron chi connectivity index (χ3n) is 2.80. The van der Waals surface area contributed by atoms with Gasteiger partial charge >= 0.3 is 5.97 Å². The van der Waals surface area contributed by atoms with E-state index in [1.54, 1.807) is 14.0 Å². The monoisotopic (exact) mass is 265 g/mol. The molecule has 1 N–H and O–H groups in total. The highest BCUT2D eigenvalue weighted by atomic mass is 16.5. The first-order valence-corrected chi connectivity index (χ1v) is 6.46. The first kappa shape index (κ1) is 15.3. The topological polar surface area (TPSA) is 47.6 Å². The maximum absolute atomic E-state index is 12.1. The van der Waals surface area contributed by atoms with Crippen LogP contribution in [-0.2, 0) is 9.53 Å². The van der Waals surface area contributed by atoms with Crippen molar-refractivity contribution in [1.82, 2.24) is 0 Å².